The second kappa shape index (κ2) is 12.8. The first kappa shape index (κ1) is 29.2. The predicted molar refractivity (Wildman–Crippen MR) is 172 cm³/mol. The molecule has 4 aliphatic rings. The highest BCUT2D eigenvalue weighted by molar-refractivity contribution is 8.00. The van der Waals surface area contributed by atoms with E-state index < -0.39 is 0 Å². The number of unbranched alkanes of at least 4 members (excludes halogenated alkanes) is 1. The Kier molecular flexibility index (Phi) is 8.86. The van der Waals surface area contributed by atoms with Crippen LogP contribution in [0.3, 0.4) is 0 Å². The number of hydrogen-bond donors (Lipinski definition) is 3. The third kappa shape index (κ3) is 6.52. The average Bonchev–Trinajstić information content (AvgIpc) is 3.68. The molecule has 0 saturated carbocycles. The molecule has 0 aromatic heterocycles. The SMILES string of the molecule is Cc1cc(C)c(N2[C]N(C3CCN(c4cccc(NC(=O)CCCC[C@@H]5SC[C@@H]6NC(=O)N[C@@H]65)c4)CC3)CC2)c(C)c1. The number of nitrogens with zero attached hydrogens (tertiary/aromatic N) is 3. The Bertz CT molecular complexity index is 1270. The van der Waals surface area contributed by atoms with Gasteiger partial charge in [-0.1, -0.05) is 30.2 Å². The van der Waals surface area contributed by atoms with Crippen molar-refractivity contribution in [2.24, 2.45) is 0 Å². The molecular weight excluding hydrogens is 544 g/mol. The van der Waals surface area contributed by atoms with Gasteiger partial charge in [0.15, 0.2) is 6.67 Å². The van der Waals surface area contributed by atoms with Gasteiger partial charge in [0.25, 0.3) is 0 Å². The van der Waals surface area contributed by atoms with Gasteiger partial charge in [-0.15, -0.1) is 0 Å². The van der Waals surface area contributed by atoms with E-state index in [-0.39, 0.29) is 24.0 Å². The number of fused-ring (bicyclic) bond motifs is 1. The van der Waals surface area contributed by atoms with Crippen molar-refractivity contribution in [3.8, 4) is 0 Å². The van der Waals surface area contributed by atoms with Crippen LogP contribution in [0.25, 0.3) is 0 Å². The Morgan fingerprint density at radius 2 is 1.81 bits per heavy atom. The maximum Gasteiger partial charge on any atom is 0.315 e. The zero-order valence-electron chi connectivity index (χ0n) is 25.1. The lowest BCUT2D eigenvalue weighted by Crippen LogP contribution is -2.43. The zero-order valence-corrected chi connectivity index (χ0v) is 25.9. The van der Waals surface area contributed by atoms with Crippen molar-refractivity contribution < 1.29 is 9.59 Å². The fourth-order valence-electron chi connectivity index (χ4n) is 7.20. The van der Waals surface area contributed by atoms with Crippen molar-refractivity contribution in [3.63, 3.8) is 0 Å². The number of nitrogens with one attached hydrogen (secondary N) is 3. The van der Waals surface area contributed by atoms with E-state index in [1.165, 1.54) is 28.1 Å². The van der Waals surface area contributed by atoms with Crippen LogP contribution < -0.4 is 25.8 Å². The molecule has 4 saturated heterocycles. The number of aryl methyl sites for hydroxylation is 3. The summed E-state index contributed by atoms with van der Waals surface area (Å²) in [7, 11) is 0. The van der Waals surface area contributed by atoms with Crippen LogP contribution in [0.5, 0.6) is 0 Å². The first-order valence-electron chi connectivity index (χ1n) is 15.6. The number of thioether (sulfide) groups is 1. The average molecular weight is 589 g/mol. The third-order valence-corrected chi connectivity index (χ3v) is 10.7. The van der Waals surface area contributed by atoms with Crippen LogP contribution in [-0.4, -0.2) is 72.1 Å². The molecule has 4 aliphatic heterocycles. The first-order chi connectivity index (χ1) is 20.3. The Labute approximate surface area is 255 Å². The maximum absolute atomic E-state index is 12.7. The Morgan fingerprint density at radius 1 is 1.02 bits per heavy atom. The van der Waals surface area contributed by atoms with Crippen LogP contribution in [0, 0.1) is 27.4 Å². The summed E-state index contributed by atoms with van der Waals surface area (Å²) in [5.41, 5.74) is 7.31. The van der Waals surface area contributed by atoms with E-state index in [1.807, 2.05) is 23.9 Å². The molecule has 2 aromatic carbocycles. The monoisotopic (exact) mass is 588 g/mol. The van der Waals surface area contributed by atoms with Gasteiger partial charge in [-0.25, -0.2) is 4.79 Å². The normalized spacial score (nSPS) is 24.5. The number of rotatable bonds is 9. The number of amides is 3. The van der Waals surface area contributed by atoms with E-state index in [9.17, 15) is 9.59 Å². The minimum absolute atomic E-state index is 0.0415. The molecule has 2 radical (unpaired) electrons. The van der Waals surface area contributed by atoms with Crippen molar-refractivity contribution in [3.05, 3.63) is 59.8 Å². The summed E-state index contributed by atoms with van der Waals surface area (Å²) < 4.78 is 0. The fourth-order valence-corrected chi connectivity index (χ4v) is 8.74. The van der Waals surface area contributed by atoms with Crippen LogP contribution >= 0.6 is 11.8 Å². The van der Waals surface area contributed by atoms with Crippen LogP contribution in [0.15, 0.2) is 36.4 Å². The molecule has 3 amide bonds. The van der Waals surface area contributed by atoms with Gasteiger partial charge < -0.3 is 25.8 Å². The molecule has 3 N–H and O–H groups in total. The third-order valence-electron chi connectivity index (χ3n) is 9.20. The smallest absolute Gasteiger partial charge is 0.315 e. The lowest BCUT2D eigenvalue weighted by atomic mass is 10.0. The Balaban J connectivity index is 0.934. The summed E-state index contributed by atoms with van der Waals surface area (Å²) in [5.74, 6) is 1.05. The highest BCUT2D eigenvalue weighted by Gasteiger charge is 2.42. The summed E-state index contributed by atoms with van der Waals surface area (Å²) in [6, 6.07) is 13.8. The van der Waals surface area contributed by atoms with E-state index in [4.69, 9.17) is 0 Å². The second-order valence-electron chi connectivity index (χ2n) is 12.4. The molecule has 0 unspecified atom stereocenters. The van der Waals surface area contributed by atoms with Gasteiger partial charge in [0.2, 0.25) is 5.91 Å². The minimum Gasteiger partial charge on any atom is -0.371 e. The topological polar surface area (TPSA) is 80.0 Å². The molecule has 9 heteroatoms. The summed E-state index contributed by atoms with van der Waals surface area (Å²) in [4.78, 5) is 31.5. The lowest BCUT2D eigenvalue weighted by Gasteiger charge is -2.37. The van der Waals surface area contributed by atoms with Gasteiger partial charge in [-0.05, 0) is 75.8 Å². The number of hydrogen-bond acceptors (Lipinski definition) is 6. The van der Waals surface area contributed by atoms with E-state index in [2.05, 4.69) is 82.4 Å². The van der Waals surface area contributed by atoms with Crippen molar-refractivity contribution >= 4 is 40.8 Å². The summed E-state index contributed by atoms with van der Waals surface area (Å²) in [6.07, 6.45) is 5.61. The summed E-state index contributed by atoms with van der Waals surface area (Å²) in [6.45, 7) is 14.3. The van der Waals surface area contributed by atoms with E-state index >= 15 is 0 Å². The zero-order chi connectivity index (χ0) is 29.2. The molecule has 0 spiro atoms. The number of benzene rings is 2. The molecule has 0 aliphatic carbocycles. The van der Waals surface area contributed by atoms with Crippen LogP contribution in [0.4, 0.5) is 21.9 Å². The summed E-state index contributed by atoms with van der Waals surface area (Å²) >= 11 is 1.93. The van der Waals surface area contributed by atoms with Crippen LogP contribution in [0.2, 0.25) is 0 Å². The second-order valence-corrected chi connectivity index (χ2v) is 13.6. The Morgan fingerprint density at radius 3 is 2.60 bits per heavy atom. The van der Waals surface area contributed by atoms with Gasteiger partial charge in [0.1, 0.15) is 0 Å². The number of urea groups is 1. The van der Waals surface area contributed by atoms with Crippen LogP contribution in [-0.2, 0) is 4.79 Å². The number of anilines is 3. The van der Waals surface area contributed by atoms with Gasteiger partial charge in [0, 0.05) is 66.7 Å². The molecule has 8 nitrogen and oxygen atoms in total. The standard InChI is InChI=1S/C33H44N6O2S/c1-22-17-23(2)32(24(3)18-22)39-16-15-38(21-39)26-11-13-37(14-12-26)27-8-6-7-25(19-27)34-30(40)10-5-4-9-29-31-28(20-42-29)35-33(41)36-31/h6-8,17-19,26,28-29,31H,4-5,9-16,20H2,1-3H3,(H,34,40)(H2,35,36,41)/t28-,29-,31-/m0/s1. The van der Waals surface area contributed by atoms with Crippen molar-refractivity contribution in [1.82, 2.24) is 15.5 Å². The molecule has 0 bridgehead atoms. The predicted octanol–water partition coefficient (Wildman–Crippen LogP) is 5.06. The molecular formula is C33H44N6O2S. The van der Waals surface area contributed by atoms with Crippen molar-refractivity contribution in [1.29, 1.82) is 0 Å². The van der Waals surface area contributed by atoms with Crippen molar-refractivity contribution in [2.75, 3.05) is 47.0 Å². The number of carbonyl (C=O) groups is 2. The maximum atomic E-state index is 12.7. The van der Waals surface area contributed by atoms with Gasteiger partial charge in [-0.2, -0.15) is 11.8 Å². The highest BCUT2D eigenvalue weighted by atomic mass is 32.2. The number of piperidine rings is 1. The van der Waals surface area contributed by atoms with Crippen molar-refractivity contribution in [2.45, 2.75) is 82.7 Å². The minimum atomic E-state index is -0.0415. The largest absolute Gasteiger partial charge is 0.371 e. The first-order valence-corrected chi connectivity index (χ1v) is 16.6. The van der Waals surface area contributed by atoms with Crippen LogP contribution in [0.1, 0.15) is 55.2 Å². The summed E-state index contributed by atoms with van der Waals surface area (Å²) in [5, 5.41) is 9.60. The lowest BCUT2D eigenvalue weighted by molar-refractivity contribution is -0.116. The fraction of sp³-hybridized carbons (Fsp3) is 0.545. The van der Waals surface area contributed by atoms with Gasteiger partial charge >= 0.3 is 6.03 Å². The molecule has 224 valence electrons. The Hall–Kier alpha value is -2.91. The molecule has 4 heterocycles. The van der Waals surface area contributed by atoms with Gasteiger partial charge in [0.05, 0.1) is 12.1 Å². The quantitative estimate of drug-likeness (QED) is 0.281. The van der Waals surface area contributed by atoms with E-state index in [0.29, 0.717) is 17.7 Å². The molecule has 3 atom stereocenters. The molecule has 2 aromatic rings. The number of carbonyl (C=O) groups excluding carboxylic acids is 2. The van der Waals surface area contributed by atoms with Gasteiger partial charge in [-0.3, -0.25) is 9.69 Å². The molecule has 42 heavy (non-hydrogen) atoms. The highest BCUT2D eigenvalue weighted by Crippen LogP contribution is 2.34. The molecule has 6 rings (SSSR count). The van der Waals surface area contributed by atoms with E-state index in [0.717, 1.165) is 69.7 Å². The van der Waals surface area contributed by atoms with E-state index in [1.54, 1.807) is 0 Å². The molecule has 4 fully saturated rings.